The molecule has 0 bridgehead atoms. The maximum absolute atomic E-state index is 12.2. The van der Waals surface area contributed by atoms with Gasteiger partial charge >= 0.3 is 0 Å². The fourth-order valence-electron chi connectivity index (χ4n) is 2.18. The van der Waals surface area contributed by atoms with Gasteiger partial charge in [0.2, 0.25) is 11.8 Å². The Morgan fingerprint density at radius 3 is 2.89 bits per heavy atom. The number of hydrogen-bond acceptors (Lipinski definition) is 3. The number of aryl methyl sites for hydroxylation is 1. The van der Waals surface area contributed by atoms with Crippen LogP contribution in [0.4, 0.5) is 11.4 Å². The molecule has 1 aliphatic rings. The molecule has 1 unspecified atom stereocenters. The third kappa shape index (κ3) is 3.05. The SMILES string of the molecule is Cc1ccc(N)cc1NC(=O)C1CCN(C)C(=O)C1. The molecule has 2 amide bonds. The lowest BCUT2D eigenvalue weighted by atomic mass is 9.95. The summed E-state index contributed by atoms with van der Waals surface area (Å²) in [7, 11) is 1.76. The molecule has 1 aromatic rings. The normalized spacial score (nSPS) is 19.4. The molecular weight excluding hydrogens is 242 g/mol. The van der Waals surface area contributed by atoms with Crippen molar-refractivity contribution >= 4 is 23.2 Å². The van der Waals surface area contributed by atoms with Crippen molar-refractivity contribution in [2.24, 2.45) is 5.92 Å². The molecule has 1 aromatic carbocycles. The molecule has 3 N–H and O–H groups in total. The zero-order valence-corrected chi connectivity index (χ0v) is 11.3. The van der Waals surface area contributed by atoms with E-state index in [-0.39, 0.29) is 24.2 Å². The predicted octanol–water partition coefficient (Wildman–Crippen LogP) is 1.38. The van der Waals surface area contributed by atoms with E-state index in [0.29, 0.717) is 18.7 Å². The van der Waals surface area contributed by atoms with Crippen LogP contribution in [-0.2, 0) is 9.59 Å². The Balaban J connectivity index is 2.05. The van der Waals surface area contributed by atoms with Gasteiger partial charge in [-0.05, 0) is 31.0 Å². The van der Waals surface area contributed by atoms with E-state index in [1.807, 2.05) is 13.0 Å². The van der Waals surface area contributed by atoms with Crippen molar-refractivity contribution < 1.29 is 9.59 Å². The third-order valence-electron chi connectivity index (χ3n) is 3.55. The fraction of sp³-hybridized carbons (Fsp3) is 0.429. The molecule has 0 saturated carbocycles. The van der Waals surface area contributed by atoms with Crippen molar-refractivity contribution in [2.45, 2.75) is 19.8 Å². The summed E-state index contributed by atoms with van der Waals surface area (Å²) in [6, 6.07) is 5.40. The molecule has 5 nitrogen and oxygen atoms in total. The molecule has 2 rings (SSSR count). The number of anilines is 2. The van der Waals surface area contributed by atoms with E-state index >= 15 is 0 Å². The minimum Gasteiger partial charge on any atom is -0.399 e. The number of rotatable bonds is 2. The second-order valence-corrected chi connectivity index (χ2v) is 5.07. The predicted molar refractivity (Wildman–Crippen MR) is 74.6 cm³/mol. The Morgan fingerprint density at radius 1 is 1.47 bits per heavy atom. The van der Waals surface area contributed by atoms with Crippen molar-refractivity contribution in [3.05, 3.63) is 23.8 Å². The average molecular weight is 261 g/mol. The first-order chi connectivity index (χ1) is 8.97. The van der Waals surface area contributed by atoms with Crippen LogP contribution >= 0.6 is 0 Å². The summed E-state index contributed by atoms with van der Waals surface area (Å²) >= 11 is 0. The van der Waals surface area contributed by atoms with Crippen LogP contribution in [0, 0.1) is 12.8 Å². The zero-order valence-electron chi connectivity index (χ0n) is 11.3. The van der Waals surface area contributed by atoms with Crippen molar-refractivity contribution in [1.29, 1.82) is 0 Å². The molecule has 0 aromatic heterocycles. The summed E-state index contributed by atoms with van der Waals surface area (Å²) in [5.74, 6) is -0.324. The Morgan fingerprint density at radius 2 is 2.21 bits per heavy atom. The first-order valence-electron chi connectivity index (χ1n) is 6.38. The molecule has 1 heterocycles. The maximum Gasteiger partial charge on any atom is 0.228 e. The Bertz CT molecular complexity index is 513. The van der Waals surface area contributed by atoms with Crippen LogP contribution in [-0.4, -0.2) is 30.3 Å². The minimum absolute atomic E-state index is 0.0238. The zero-order chi connectivity index (χ0) is 14.0. The number of carbonyl (C=O) groups is 2. The molecule has 5 heteroatoms. The molecule has 1 aliphatic heterocycles. The number of hydrogen-bond donors (Lipinski definition) is 2. The molecule has 102 valence electrons. The molecule has 0 radical (unpaired) electrons. The van der Waals surface area contributed by atoms with Gasteiger partial charge in [0.25, 0.3) is 0 Å². The summed E-state index contributed by atoms with van der Waals surface area (Å²) in [4.78, 5) is 25.4. The highest BCUT2D eigenvalue weighted by Crippen LogP contribution is 2.22. The topological polar surface area (TPSA) is 75.4 Å². The number of nitrogens with one attached hydrogen (secondary N) is 1. The first kappa shape index (κ1) is 13.4. The smallest absolute Gasteiger partial charge is 0.228 e. The number of likely N-dealkylation sites (tertiary alicyclic amines) is 1. The number of amides is 2. The Kier molecular flexibility index (Phi) is 3.74. The van der Waals surface area contributed by atoms with Gasteiger partial charge in [0.15, 0.2) is 0 Å². The van der Waals surface area contributed by atoms with Crippen LogP contribution in [0.1, 0.15) is 18.4 Å². The largest absolute Gasteiger partial charge is 0.399 e. The van der Waals surface area contributed by atoms with Crippen LogP contribution in [0.5, 0.6) is 0 Å². The van der Waals surface area contributed by atoms with E-state index in [0.717, 1.165) is 11.3 Å². The molecule has 0 aliphatic carbocycles. The molecular formula is C14H19N3O2. The molecule has 1 fully saturated rings. The highest BCUT2D eigenvalue weighted by molar-refractivity contribution is 5.96. The lowest BCUT2D eigenvalue weighted by molar-refractivity contribution is -0.137. The van der Waals surface area contributed by atoms with Crippen molar-refractivity contribution in [2.75, 3.05) is 24.6 Å². The van der Waals surface area contributed by atoms with Gasteiger partial charge in [-0.15, -0.1) is 0 Å². The van der Waals surface area contributed by atoms with E-state index in [4.69, 9.17) is 5.73 Å². The maximum atomic E-state index is 12.2. The van der Waals surface area contributed by atoms with Crippen molar-refractivity contribution in [3.63, 3.8) is 0 Å². The fourth-order valence-corrected chi connectivity index (χ4v) is 2.18. The van der Waals surface area contributed by atoms with Gasteiger partial charge < -0.3 is 16.0 Å². The van der Waals surface area contributed by atoms with Crippen molar-refractivity contribution in [1.82, 2.24) is 4.90 Å². The standard InChI is InChI=1S/C14H19N3O2/c1-9-3-4-11(15)8-12(9)16-14(19)10-5-6-17(2)13(18)7-10/h3-4,8,10H,5-7,15H2,1-2H3,(H,16,19). The van der Waals surface area contributed by atoms with E-state index in [1.165, 1.54) is 0 Å². The van der Waals surface area contributed by atoms with Crippen LogP contribution in [0.3, 0.4) is 0 Å². The van der Waals surface area contributed by atoms with Gasteiger partial charge in [0.05, 0.1) is 0 Å². The van der Waals surface area contributed by atoms with Crippen LogP contribution < -0.4 is 11.1 Å². The number of nitrogens with zero attached hydrogens (tertiary/aromatic N) is 1. The lowest BCUT2D eigenvalue weighted by Crippen LogP contribution is -2.39. The molecule has 19 heavy (non-hydrogen) atoms. The number of nitrogens with two attached hydrogens (primary N) is 1. The van der Waals surface area contributed by atoms with Gasteiger partial charge in [0, 0.05) is 37.3 Å². The lowest BCUT2D eigenvalue weighted by Gasteiger charge is -2.28. The van der Waals surface area contributed by atoms with Crippen molar-refractivity contribution in [3.8, 4) is 0 Å². The first-order valence-corrected chi connectivity index (χ1v) is 6.38. The van der Waals surface area contributed by atoms with Gasteiger partial charge in [-0.3, -0.25) is 9.59 Å². The second-order valence-electron chi connectivity index (χ2n) is 5.07. The summed E-state index contributed by atoms with van der Waals surface area (Å²) in [6.07, 6.45) is 0.985. The average Bonchev–Trinajstić information content (AvgIpc) is 2.37. The summed E-state index contributed by atoms with van der Waals surface area (Å²) in [6.45, 7) is 2.54. The summed E-state index contributed by atoms with van der Waals surface area (Å²) < 4.78 is 0. The number of nitrogen functional groups attached to an aromatic ring is 1. The van der Waals surface area contributed by atoms with Crippen LogP contribution in [0.2, 0.25) is 0 Å². The third-order valence-corrected chi connectivity index (χ3v) is 3.55. The highest BCUT2D eigenvalue weighted by atomic mass is 16.2. The van der Waals surface area contributed by atoms with E-state index in [9.17, 15) is 9.59 Å². The highest BCUT2D eigenvalue weighted by Gasteiger charge is 2.28. The van der Waals surface area contributed by atoms with Gasteiger partial charge in [-0.1, -0.05) is 6.07 Å². The Hall–Kier alpha value is -2.04. The minimum atomic E-state index is -0.246. The van der Waals surface area contributed by atoms with Gasteiger partial charge in [-0.25, -0.2) is 0 Å². The molecule has 1 saturated heterocycles. The number of carbonyl (C=O) groups excluding carboxylic acids is 2. The monoisotopic (exact) mass is 261 g/mol. The summed E-state index contributed by atoms with van der Waals surface area (Å²) in [5.41, 5.74) is 8.00. The van der Waals surface area contributed by atoms with E-state index in [2.05, 4.69) is 5.32 Å². The quantitative estimate of drug-likeness (QED) is 0.790. The number of benzene rings is 1. The molecule has 1 atom stereocenters. The Labute approximate surface area is 112 Å². The van der Waals surface area contributed by atoms with Gasteiger partial charge in [-0.2, -0.15) is 0 Å². The van der Waals surface area contributed by atoms with E-state index in [1.54, 1.807) is 24.1 Å². The van der Waals surface area contributed by atoms with Crippen LogP contribution in [0.15, 0.2) is 18.2 Å². The second kappa shape index (κ2) is 5.30. The van der Waals surface area contributed by atoms with Crippen LogP contribution in [0.25, 0.3) is 0 Å². The van der Waals surface area contributed by atoms with Gasteiger partial charge in [0.1, 0.15) is 0 Å². The number of piperidine rings is 1. The molecule has 0 spiro atoms. The van der Waals surface area contributed by atoms with E-state index < -0.39 is 0 Å². The summed E-state index contributed by atoms with van der Waals surface area (Å²) in [5, 5.41) is 2.87.